The number of hydrogen-bond acceptors (Lipinski definition) is 3. The van der Waals surface area contributed by atoms with Gasteiger partial charge in [-0.25, -0.2) is 9.97 Å². The lowest BCUT2D eigenvalue weighted by atomic mass is 10.2. The van der Waals surface area contributed by atoms with Gasteiger partial charge in [-0.1, -0.05) is 23.7 Å². The number of aromatic nitrogens is 2. The molecule has 0 aliphatic heterocycles. The molecule has 0 spiro atoms. The summed E-state index contributed by atoms with van der Waals surface area (Å²) in [7, 11) is 0. The van der Waals surface area contributed by atoms with Crippen molar-refractivity contribution in [1.82, 2.24) is 9.97 Å². The van der Waals surface area contributed by atoms with Crippen molar-refractivity contribution >= 4 is 33.3 Å². The van der Waals surface area contributed by atoms with E-state index in [-0.39, 0.29) is 0 Å². The first-order valence-corrected chi connectivity index (χ1v) is 5.81. The quantitative estimate of drug-likeness (QED) is 0.877. The summed E-state index contributed by atoms with van der Waals surface area (Å²) in [5, 5.41) is 0.614. The van der Waals surface area contributed by atoms with Crippen molar-refractivity contribution in [2.24, 2.45) is 0 Å². The van der Waals surface area contributed by atoms with Gasteiger partial charge in [-0.05, 0) is 35.0 Å². The van der Waals surface area contributed by atoms with Crippen molar-refractivity contribution < 1.29 is 0 Å². The third kappa shape index (κ3) is 2.03. The fourth-order valence-electron chi connectivity index (χ4n) is 1.34. The van der Waals surface area contributed by atoms with Crippen LogP contribution in [-0.4, -0.2) is 9.97 Å². The predicted molar refractivity (Wildman–Crippen MR) is 69.3 cm³/mol. The molecule has 16 heavy (non-hydrogen) atoms. The van der Waals surface area contributed by atoms with Crippen LogP contribution in [0, 0.1) is 6.92 Å². The van der Waals surface area contributed by atoms with Crippen LogP contribution in [0.5, 0.6) is 0 Å². The summed E-state index contributed by atoms with van der Waals surface area (Å²) in [4.78, 5) is 8.54. The van der Waals surface area contributed by atoms with Gasteiger partial charge in [0.15, 0.2) is 5.82 Å². The molecule has 1 aromatic heterocycles. The Morgan fingerprint density at radius 3 is 2.56 bits per heavy atom. The van der Waals surface area contributed by atoms with E-state index in [4.69, 9.17) is 17.3 Å². The second-order valence-electron chi connectivity index (χ2n) is 3.31. The smallest absolute Gasteiger partial charge is 0.163 e. The van der Waals surface area contributed by atoms with Crippen LogP contribution in [0.15, 0.2) is 28.7 Å². The van der Waals surface area contributed by atoms with E-state index in [9.17, 15) is 0 Å². The van der Waals surface area contributed by atoms with Crippen molar-refractivity contribution in [3.8, 4) is 11.4 Å². The number of rotatable bonds is 1. The molecule has 0 amide bonds. The van der Waals surface area contributed by atoms with Gasteiger partial charge in [0.05, 0.1) is 15.2 Å². The maximum Gasteiger partial charge on any atom is 0.163 e. The van der Waals surface area contributed by atoms with Crippen molar-refractivity contribution in [2.75, 3.05) is 5.73 Å². The number of nitrogens with zero attached hydrogens (tertiary/aromatic N) is 2. The molecule has 0 aliphatic carbocycles. The van der Waals surface area contributed by atoms with Crippen molar-refractivity contribution in [3.05, 3.63) is 39.5 Å². The zero-order valence-electron chi connectivity index (χ0n) is 8.54. The lowest BCUT2D eigenvalue weighted by Crippen LogP contribution is -2.00. The van der Waals surface area contributed by atoms with E-state index < -0.39 is 0 Å². The van der Waals surface area contributed by atoms with Gasteiger partial charge in [0.25, 0.3) is 0 Å². The molecule has 2 aromatic rings. The number of nitrogen functional groups attached to an aromatic ring is 1. The molecule has 0 unspecified atom stereocenters. The monoisotopic (exact) mass is 297 g/mol. The molecule has 0 saturated carbocycles. The maximum atomic E-state index is 6.07. The summed E-state index contributed by atoms with van der Waals surface area (Å²) >= 11 is 9.39. The Morgan fingerprint density at radius 2 is 1.94 bits per heavy atom. The van der Waals surface area contributed by atoms with Crippen molar-refractivity contribution in [3.63, 3.8) is 0 Å². The van der Waals surface area contributed by atoms with Gasteiger partial charge in [0.1, 0.15) is 5.82 Å². The van der Waals surface area contributed by atoms with Crippen LogP contribution < -0.4 is 5.73 Å². The van der Waals surface area contributed by atoms with Gasteiger partial charge in [-0.2, -0.15) is 0 Å². The summed E-state index contributed by atoms with van der Waals surface area (Å²) in [5.74, 6) is 0.964. The van der Waals surface area contributed by atoms with Gasteiger partial charge < -0.3 is 5.73 Å². The van der Waals surface area contributed by atoms with Gasteiger partial charge in [-0.3, -0.25) is 0 Å². The summed E-state index contributed by atoms with van der Waals surface area (Å²) in [5.41, 5.74) is 7.35. The van der Waals surface area contributed by atoms with Gasteiger partial charge >= 0.3 is 0 Å². The van der Waals surface area contributed by atoms with E-state index in [1.807, 2.05) is 25.1 Å². The Hall–Kier alpha value is -1.13. The van der Waals surface area contributed by atoms with E-state index in [2.05, 4.69) is 25.9 Å². The number of halogens is 2. The molecule has 0 fully saturated rings. The first-order chi connectivity index (χ1) is 7.59. The predicted octanol–water partition coefficient (Wildman–Crippen LogP) is 3.45. The summed E-state index contributed by atoms with van der Waals surface area (Å²) in [6.45, 7) is 1.86. The molecule has 0 saturated heterocycles. The SMILES string of the molecule is Cc1nc(-c2ccccc2Cl)nc(N)c1Br. The van der Waals surface area contributed by atoms with E-state index in [1.165, 1.54) is 0 Å². The number of anilines is 1. The molecule has 0 aliphatic rings. The highest BCUT2D eigenvalue weighted by Crippen LogP contribution is 2.28. The topological polar surface area (TPSA) is 51.8 Å². The minimum Gasteiger partial charge on any atom is -0.383 e. The Morgan fingerprint density at radius 1 is 1.25 bits per heavy atom. The molecule has 0 atom stereocenters. The Balaban J connectivity index is 2.62. The lowest BCUT2D eigenvalue weighted by Gasteiger charge is -2.06. The molecule has 1 aromatic carbocycles. The second kappa shape index (κ2) is 4.39. The van der Waals surface area contributed by atoms with E-state index in [0.717, 1.165) is 15.7 Å². The standard InChI is InChI=1S/C11H9BrClN3/c1-6-9(12)10(14)16-11(15-6)7-4-2-3-5-8(7)13/h2-5H,1H3,(H2,14,15,16). The molecule has 2 rings (SSSR count). The third-order valence-corrected chi connectivity index (χ3v) is 3.47. The average molecular weight is 299 g/mol. The number of hydrogen-bond donors (Lipinski definition) is 1. The molecular weight excluding hydrogens is 289 g/mol. The molecular formula is C11H9BrClN3. The zero-order valence-corrected chi connectivity index (χ0v) is 10.9. The zero-order chi connectivity index (χ0) is 11.7. The molecule has 1 heterocycles. The maximum absolute atomic E-state index is 6.07. The largest absolute Gasteiger partial charge is 0.383 e. The number of aryl methyl sites for hydroxylation is 1. The minimum absolute atomic E-state index is 0.419. The normalized spacial score (nSPS) is 10.4. The van der Waals surface area contributed by atoms with Gasteiger partial charge in [0.2, 0.25) is 0 Å². The highest BCUT2D eigenvalue weighted by atomic mass is 79.9. The lowest BCUT2D eigenvalue weighted by molar-refractivity contribution is 1.10. The van der Waals surface area contributed by atoms with Crippen LogP contribution in [0.25, 0.3) is 11.4 Å². The van der Waals surface area contributed by atoms with Crippen LogP contribution in [0.2, 0.25) is 5.02 Å². The van der Waals surface area contributed by atoms with Crippen LogP contribution in [0.3, 0.4) is 0 Å². The van der Waals surface area contributed by atoms with E-state index >= 15 is 0 Å². The number of benzene rings is 1. The highest BCUT2D eigenvalue weighted by Gasteiger charge is 2.10. The minimum atomic E-state index is 0.419. The average Bonchev–Trinajstić information content (AvgIpc) is 2.26. The summed E-state index contributed by atoms with van der Waals surface area (Å²) in [6, 6.07) is 7.41. The molecule has 82 valence electrons. The third-order valence-electron chi connectivity index (χ3n) is 2.16. The molecule has 5 heteroatoms. The van der Waals surface area contributed by atoms with Crippen LogP contribution in [0.4, 0.5) is 5.82 Å². The van der Waals surface area contributed by atoms with Crippen molar-refractivity contribution in [2.45, 2.75) is 6.92 Å². The molecule has 2 N–H and O–H groups in total. The van der Waals surface area contributed by atoms with Gasteiger partial charge in [-0.15, -0.1) is 0 Å². The fourth-order valence-corrected chi connectivity index (χ4v) is 1.74. The Kier molecular flexibility index (Phi) is 3.12. The molecule has 0 bridgehead atoms. The first-order valence-electron chi connectivity index (χ1n) is 4.64. The molecule has 0 radical (unpaired) electrons. The van der Waals surface area contributed by atoms with Crippen LogP contribution in [0.1, 0.15) is 5.69 Å². The fraction of sp³-hybridized carbons (Fsp3) is 0.0909. The van der Waals surface area contributed by atoms with Crippen molar-refractivity contribution in [1.29, 1.82) is 0 Å². The number of nitrogens with two attached hydrogens (primary N) is 1. The molecule has 3 nitrogen and oxygen atoms in total. The second-order valence-corrected chi connectivity index (χ2v) is 4.51. The summed E-state index contributed by atoms with van der Waals surface area (Å²) in [6.07, 6.45) is 0. The van der Waals surface area contributed by atoms with Crippen LogP contribution >= 0.6 is 27.5 Å². The Bertz CT molecular complexity index is 519. The van der Waals surface area contributed by atoms with Crippen LogP contribution in [-0.2, 0) is 0 Å². The van der Waals surface area contributed by atoms with E-state index in [0.29, 0.717) is 16.7 Å². The van der Waals surface area contributed by atoms with Gasteiger partial charge in [0, 0.05) is 5.56 Å². The Labute approximate surface area is 107 Å². The first kappa shape index (κ1) is 11.4. The summed E-state index contributed by atoms with van der Waals surface area (Å²) < 4.78 is 0.725. The van der Waals surface area contributed by atoms with E-state index in [1.54, 1.807) is 6.07 Å². The highest BCUT2D eigenvalue weighted by molar-refractivity contribution is 9.10.